The lowest BCUT2D eigenvalue weighted by atomic mass is 9.77. The Morgan fingerprint density at radius 1 is 1.29 bits per heavy atom. The number of carbonyl (C=O) groups is 2. The smallest absolute Gasteiger partial charge is 0.266 e. The van der Waals surface area contributed by atoms with Crippen LogP contribution in [0.15, 0.2) is 24.3 Å². The second-order valence-electron chi connectivity index (χ2n) is 7.00. The Morgan fingerprint density at radius 2 is 2.04 bits per heavy atom. The molecule has 2 amide bonds. The van der Waals surface area contributed by atoms with Crippen LogP contribution in [0.2, 0.25) is 0 Å². The lowest BCUT2D eigenvalue weighted by Crippen LogP contribution is -2.56. The van der Waals surface area contributed by atoms with Crippen molar-refractivity contribution in [2.45, 2.75) is 38.5 Å². The highest BCUT2D eigenvalue weighted by molar-refractivity contribution is 5.86. The van der Waals surface area contributed by atoms with Crippen molar-refractivity contribution in [3.05, 3.63) is 35.4 Å². The number of amides is 2. The van der Waals surface area contributed by atoms with Gasteiger partial charge >= 0.3 is 0 Å². The largest absolute Gasteiger partial charge is 0.356 e. The SMILES string of the molecule is Cc1ccccc1CCC(=O)N1CC(F)(F)C[C@]2(CCNC2=O)C1. The van der Waals surface area contributed by atoms with Gasteiger partial charge in [-0.25, -0.2) is 8.78 Å². The minimum Gasteiger partial charge on any atom is -0.356 e. The maximum absolute atomic E-state index is 14.1. The van der Waals surface area contributed by atoms with Gasteiger partial charge < -0.3 is 10.2 Å². The molecule has 0 unspecified atom stereocenters. The molecule has 3 rings (SSSR count). The zero-order chi connectivity index (χ0) is 17.4. The molecule has 1 N–H and O–H groups in total. The van der Waals surface area contributed by atoms with Crippen molar-refractivity contribution in [3.8, 4) is 0 Å². The second-order valence-corrected chi connectivity index (χ2v) is 7.00. The molecule has 24 heavy (non-hydrogen) atoms. The number of nitrogens with zero attached hydrogens (tertiary/aromatic N) is 1. The summed E-state index contributed by atoms with van der Waals surface area (Å²) < 4.78 is 28.3. The van der Waals surface area contributed by atoms with Crippen LogP contribution in [-0.4, -0.2) is 42.3 Å². The summed E-state index contributed by atoms with van der Waals surface area (Å²) in [5.74, 6) is -3.67. The van der Waals surface area contributed by atoms with Gasteiger partial charge in [0.1, 0.15) is 0 Å². The molecule has 0 saturated carbocycles. The van der Waals surface area contributed by atoms with Gasteiger partial charge in [0.25, 0.3) is 5.92 Å². The maximum Gasteiger partial charge on any atom is 0.266 e. The first kappa shape index (κ1) is 16.9. The molecule has 0 bridgehead atoms. The van der Waals surface area contributed by atoms with Gasteiger partial charge in [0.15, 0.2) is 0 Å². The standard InChI is InChI=1S/C18H22F2N2O2/c1-13-4-2-3-5-14(13)6-7-15(23)22-11-17(8-9-21-16(17)24)10-18(19,20)12-22/h2-5H,6-12H2,1H3,(H,21,24)/t17-/m1/s1. The Morgan fingerprint density at radius 3 is 2.71 bits per heavy atom. The van der Waals surface area contributed by atoms with E-state index < -0.39 is 24.3 Å². The van der Waals surface area contributed by atoms with Crippen LogP contribution in [0.25, 0.3) is 0 Å². The normalized spacial score (nSPS) is 25.8. The predicted octanol–water partition coefficient (Wildman–Crippen LogP) is 2.30. The molecule has 4 nitrogen and oxygen atoms in total. The van der Waals surface area contributed by atoms with Gasteiger partial charge in [0.05, 0.1) is 12.0 Å². The molecule has 2 aliphatic heterocycles. The minimum atomic E-state index is -3.02. The average Bonchev–Trinajstić information content (AvgIpc) is 2.84. The van der Waals surface area contributed by atoms with E-state index in [4.69, 9.17) is 0 Å². The molecule has 2 saturated heterocycles. The molecule has 2 fully saturated rings. The number of benzene rings is 1. The molecule has 1 aromatic carbocycles. The lowest BCUT2D eigenvalue weighted by molar-refractivity contribution is -0.160. The monoisotopic (exact) mass is 336 g/mol. The van der Waals surface area contributed by atoms with Crippen molar-refractivity contribution in [3.63, 3.8) is 0 Å². The van der Waals surface area contributed by atoms with Crippen molar-refractivity contribution < 1.29 is 18.4 Å². The Hall–Kier alpha value is -1.98. The van der Waals surface area contributed by atoms with Gasteiger partial charge in [-0.2, -0.15) is 0 Å². The molecule has 6 heteroatoms. The Kier molecular flexibility index (Phi) is 4.32. The van der Waals surface area contributed by atoms with Crippen molar-refractivity contribution in [2.24, 2.45) is 5.41 Å². The van der Waals surface area contributed by atoms with E-state index in [0.29, 0.717) is 19.4 Å². The maximum atomic E-state index is 14.1. The third-order valence-corrected chi connectivity index (χ3v) is 5.11. The summed E-state index contributed by atoms with van der Waals surface area (Å²) in [5.41, 5.74) is 1.00. The van der Waals surface area contributed by atoms with E-state index in [1.54, 1.807) is 0 Å². The van der Waals surface area contributed by atoms with Crippen LogP contribution >= 0.6 is 0 Å². The van der Waals surface area contributed by atoms with Crippen LogP contribution in [-0.2, 0) is 16.0 Å². The number of piperidine rings is 1. The Labute approximate surface area is 140 Å². The number of hydrogen-bond donors (Lipinski definition) is 1. The highest BCUT2D eigenvalue weighted by Crippen LogP contribution is 2.43. The highest BCUT2D eigenvalue weighted by atomic mass is 19.3. The Balaban J connectivity index is 1.70. The molecular weight excluding hydrogens is 314 g/mol. The van der Waals surface area contributed by atoms with Crippen molar-refractivity contribution in [1.82, 2.24) is 10.2 Å². The zero-order valence-corrected chi connectivity index (χ0v) is 13.8. The van der Waals surface area contributed by atoms with E-state index in [0.717, 1.165) is 11.1 Å². The fraction of sp³-hybridized carbons (Fsp3) is 0.556. The third kappa shape index (κ3) is 3.28. The molecule has 1 atom stereocenters. The van der Waals surface area contributed by atoms with Gasteiger partial charge in [-0.15, -0.1) is 0 Å². The predicted molar refractivity (Wildman–Crippen MR) is 85.7 cm³/mol. The van der Waals surface area contributed by atoms with Gasteiger partial charge in [-0.1, -0.05) is 24.3 Å². The topological polar surface area (TPSA) is 49.4 Å². The number of nitrogens with one attached hydrogen (secondary N) is 1. The van der Waals surface area contributed by atoms with E-state index in [1.165, 1.54) is 4.90 Å². The second kappa shape index (κ2) is 6.15. The van der Waals surface area contributed by atoms with Crippen LogP contribution in [0.1, 0.15) is 30.4 Å². The number of likely N-dealkylation sites (tertiary alicyclic amines) is 1. The third-order valence-electron chi connectivity index (χ3n) is 5.11. The van der Waals surface area contributed by atoms with Crippen molar-refractivity contribution >= 4 is 11.8 Å². The minimum absolute atomic E-state index is 0.0982. The van der Waals surface area contributed by atoms with Crippen LogP contribution in [0, 0.1) is 12.3 Å². The van der Waals surface area contributed by atoms with E-state index in [2.05, 4.69) is 5.32 Å². The van der Waals surface area contributed by atoms with Gasteiger partial charge in [-0.05, 0) is 30.9 Å². The number of carbonyl (C=O) groups excluding carboxylic acids is 2. The van der Waals surface area contributed by atoms with Crippen LogP contribution < -0.4 is 5.32 Å². The number of aryl methyl sites for hydroxylation is 2. The van der Waals surface area contributed by atoms with Crippen molar-refractivity contribution in [2.75, 3.05) is 19.6 Å². The first-order valence-electron chi connectivity index (χ1n) is 8.30. The molecule has 0 radical (unpaired) electrons. The van der Waals surface area contributed by atoms with Gasteiger partial charge in [-0.3, -0.25) is 9.59 Å². The summed E-state index contributed by atoms with van der Waals surface area (Å²) in [5, 5.41) is 2.63. The van der Waals surface area contributed by atoms with Crippen LogP contribution in [0.3, 0.4) is 0 Å². The van der Waals surface area contributed by atoms with Gasteiger partial charge in [0.2, 0.25) is 11.8 Å². The van der Waals surface area contributed by atoms with Gasteiger partial charge in [0, 0.05) is 25.9 Å². The fourth-order valence-electron chi connectivity index (χ4n) is 3.81. The van der Waals surface area contributed by atoms with E-state index >= 15 is 0 Å². The Bertz CT molecular complexity index is 662. The first-order valence-corrected chi connectivity index (χ1v) is 8.30. The van der Waals surface area contributed by atoms with E-state index in [-0.39, 0.29) is 24.8 Å². The van der Waals surface area contributed by atoms with Crippen LogP contribution in [0.4, 0.5) is 8.78 Å². The number of alkyl halides is 2. The molecule has 2 heterocycles. The molecule has 0 aromatic heterocycles. The zero-order valence-electron chi connectivity index (χ0n) is 13.8. The van der Waals surface area contributed by atoms with Crippen LogP contribution in [0.5, 0.6) is 0 Å². The number of hydrogen-bond acceptors (Lipinski definition) is 2. The average molecular weight is 336 g/mol. The summed E-state index contributed by atoms with van der Waals surface area (Å²) in [7, 11) is 0. The summed E-state index contributed by atoms with van der Waals surface area (Å²) in [6.07, 6.45) is 0.599. The number of halogens is 2. The van der Waals surface area contributed by atoms with Crippen molar-refractivity contribution in [1.29, 1.82) is 0 Å². The lowest BCUT2D eigenvalue weighted by Gasteiger charge is -2.42. The summed E-state index contributed by atoms with van der Waals surface area (Å²) in [6.45, 7) is 1.88. The summed E-state index contributed by atoms with van der Waals surface area (Å²) in [6, 6.07) is 7.74. The quantitative estimate of drug-likeness (QED) is 0.921. The highest BCUT2D eigenvalue weighted by Gasteiger charge is 2.55. The molecule has 1 spiro atoms. The first-order chi connectivity index (χ1) is 11.3. The number of rotatable bonds is 3. The van der Waals surface area contributed by atoms with E-state index in [9.17, 15) is 18.4 Å². The molecule has 2 aliphatic rings. The molecular formula is C18H22F2N2O2. The summed E-state index contributed by atoms with van der Waals surface area (Å²) >= 11 is 0. The molecule has 130 valence electrons. The molecule has 0 aliphatic carbocycles. The fourth-order valence-corrected chi connectivity index (χ4v) is 3.81. The summed E-state index contributed by atoms with van der Waals surface area (Å²) in [4.78, 5) is 25.7. The molecule has 1 aromatic rings. The van der Waals surface area contributed by atoms with E-state index in [1.807, 2.05) is 31.2 Å².